The van der Waals surface area contributed by atoms with Crippen LogP contribution in [0.2, 0.25) is 0 Å². The molecule has 0 fully saturated rings. The predicted octanol–water partition coefficient (Wildman–Crippen LogP) is 2.93. The van der Waals surface area contributed by atoms with E-state index in [1.807, 2.05) is 44.2 Å². The van der Waals surface area contributed by atoms with E-state index in [0.717, 1.165) is 11.3 Å². The maximum Gasteiger partial charge on any atom is 0.158 e. The third-order valence-corrected chi connectivity index (χ3v) is 2.12. The molecule has 15 heavy (non-hydrogen) atoms. The molecule has 1 aromatic rings. The average molecular weight is 204 g/mol. The average Bonchev–Trinajstić information content (AvgIpc) is 2.26. The van der Waals surface area contributed by atoms with E-state index in [0.29, 0.717) is 0 Å². The summed E-state index contributed by atoms with van der Waals surface area (Å²) < 4.78 is 5.04. The third kappa shape index (κ3) is 3.58. The SMILES string of the molecule is COc1ccc(/C=C/C(=O)C(C)C)cc1. The van der Waals surface area contributed by atoms with Crippen LogP contribution in [-0.4, -0.2) is 12.9 Å². The zero-order valence-electron chi connectivity index (χ0n) is 9.36. The Hall–Kier alpha value is -1.57. The molecule has 0 unspecified atom stereocenters. The third-order valence-electron chi connectivity index (χ3n) is 2.12. The molecule has 2 heteroatoms. The van der Waals surface area contributed by atoms with Gasteiger partial charge in [0.25, 0.3) is 0 Å². The summed E-state index contributed by atoms with van der Waals surface area (Å²) in [5.41, 5.74) is 1.00. The molecule has 0 saturated heterocycles. The molecular formula is C13H16O2. The van der Waals surface area contributed by atoms with Gasteiger partial charge in [-0.25, -0.2) is 0 Å². The van der Waals surface area contributed by atoms with E-state index in [9.17, 15) is 4.79 Å². The molecule has 0 aliphatic carbocycles. The van der Waals surface area contributed by atoms with Crippen molar-refractivity contribution in [3.63, 3.8) is 0 Å². The van der Waals surface area contributed by atoms with Crippen LogP contribution in [0.15, 0.2) is 30.3 Å². The topological polar surface area (TPSA) is 26.3 Å². The number of ketones is 1. The van der Waals surface area contributed by atoms with Crippen molar-refractivity contribution in [2.24, 2.45) is 5.92 Å². The zero-order chi connectivity index (χ0) is 11.3. The molecule has 0 atom stereocenters. The first kappa shape index (κ1) is 11.5. The van der Waals surface area contributed by atoms with Gasteiger partial charge in [-0.05, 0) is 23.8 Å². The standard InChI is InChI=1S/C13H16O2/c1-10(2)13(14)9-6-11-4-7-12(15-3)8-5-11/h4-10H,1-3H3/b9-6+. The number of allylic oxidation sites excluding steroid dienone is 1. The number of carbonyl (C=O) groups excluding carboxylic acids is 1. The fourth-order valence-electron chi connectivity index (χ4n) is 1.09. The van der Waals surface area contributed by atoms with Crippen LogP contribution in [0, 0.1) is 5.92 Å². The highest BCUT2D eigenvalue weighted by Crippen LogP contribution is 2.12. The Morgan fingerprint density at radius 1 is 1.27 bits per heavy atom. The normalized spacial score (nSPS) is 10.9. The molecule has 0 amide bonds. The quantitative estimate of drug-likeness (QED) is 0.705. The number of methoxy groups -OCH3 is 1. The highest BCUT2D eigenvalue weighted by atomic mass is 16.5. The minimum Gasteiger partial charge on any atom is -0.497 e. The van der Waals surface area contributed by atoms with Gasteiger partial charge in [-0.15, -0.1) is 0 Å². The molecule has 0 N–H and O–H groups in total. The Bertz CT molecular complexity index is 347. The fourth-order valence-corrected chi connectivity index (χ4v) is 1.09. The number of rotatable bonds is 4. The van der Waals surface area contributed by atoms with Crippen LogP contribution in [0.25, 0.3) is 6.08 Å². The van der Waals surface area contributed by atoms with Gasteiger partial charge >= 0.3 is 0 Å². The lowest BCUT2D eigenvalue weighted by molar-refractivity contribution is -0.117. The van der Waals surface area contributed by atoms with Crippen molar-refractivity contribution < 1.29 is 9.53 Å². The molecule has 0 aliphatic rings. The van der Waals surface area contributed by atoms with Crippen LogP contribution in [-0.2, 0) is 4.79 Å². The van der Waals surface area contributed by atoms with E-state index in [2.05, 4.69) is 0 Å². The summed E-state index contributed by atoms with van der Waals surface area (Å²) in [6, 6.07) is 7.59. The zero-order valence-corrected chi connectivity index (χ0v) is 9.36. The van der Waals surface area contributed by atoms with Gasteiger partial charge in [-0.2, -0.15) is 0 Å². The molecule has 0 aromatic heterocycles. The van der Waals surface area contributed by atoms with Crippen molar-refractivity contribution >= 4 is 11.9 Å². The van der Waals surface area contributed by atoms with E-state index in [-0.39, 0.29) is 11.7 Å². The molecule has 0 saturated carbocycles. The second-order valence-electron chi connectivity index (χ2n) is 3.66. The number of hydrogen-bond donors (Lipinski definition) is 0. The van der Waals surface area contributed by atoms with Crippen LogP contribution in [0.3, 0.4) is 0 Å². The Kier molecular flexibility index (Phi) is 4.10. The first-order valence-corrected chi connectivity index (χ1v) is 4.99. The first-order chi connectivity index (χ1) is 7.13. The van der Waals surface area contributed by atoms with Gasteiger partial charge in [-0.3, -0.25) is 4.79 Å². The maximum absolute atomic E-state index is 11.3. The number of benzene rings is 1. The molecule has 0 spiro atoms. The van der Waals surface area contributed by atoms with E-state index < -0.39 is 0 Å². The monoisotopic (exact) mass is 204 g/mol. The Balaban J connectivity index is 2.69. The van der Waals surface area contributed by atoms with E-state index >= 15 is 0 Å². The second kappa shape index (κ2) is 5.35. The van der Waals surface area contributed by atoms with Crippen LogP contribution in [0.5, 0.6) is 5.75 Å². The molecule has 80 valence electrons. The van der Waals surface area contributed by atoms with Crippen molar-refractivity contribution in [3.8, 4) is 5.75 Å². The van der Waals surface area contributed by atoms with Gasteiger partial charge in [0.2, 0.25) is 0 Å². The highest BCUT2D eigenvalue weighted by molar-refractivity contribution is 5.94. The fraction of sp³-hybridized carbons (Fsp3) is 0.308. The van der Waals surface area contributed by atoms with Gasteiger partial charge in [0, 0.05) is 5.92 Å². The summed E-state index contributed by atoms with van der Waals surface area (Å²) in [5, 5.41) is 0. The smallest absolute Gasteiger partial charge is 0.158 e. The number of hydrogen-bond acceptors (Lipinski definition) is 2. The molecule has 2 nitrogen and oxygen atoms in total. The Morgan fingerprint density at radius 2 is 1.87 bits per heavy atom. The second-order valence-corrected chi connectivity index (χ2v) is 3.66. The lowest BCUT2D eigenvalue weighted by atomic mass is 10.1. The largest absolute Gasteiger partial charge is 0.497 e. The number of ether oxygens (including phenoxy) is 1. The molecule has 0 heterocycles. The predicted molar refractivity (Wildman–Crippen MR) is 61.9 cm³/mol. The van der Waals surface area contributed by atoms with Gasteiger partial charge in [-0.1, -0.05) is 32.1 Å². The van der Waals surface area contributed by atoms with Gasteiger partial charge in [0.05, 0.1) is 7.11 Å². The molecule has 1 rings (SSSR count). The van der Waals surface area contributed by atoms with Crippen molar-refractivity contribution in [1.82, 2.24) is 0 Å². The van der Waals surface area contributed by atoms with Gasteiger partial charge < -0.3 is 4.74 Å². The van der Waals surface area contributed by atoms with Crippen LogP contribution in [0.4, 0.5) is 0 Å². The molecule has 0 radical (unpaired) electrons. The van der Waals surface area contributed by atoms with Crippen molar-refractivity contribution in [1.29, 1.82) is 0 Å². The summed E-state index contributed by atoms with van der Waals surface area (Å²) >= 11 is 0. The van der Waals surface area contributed by atoms with E-state index in [1.54, 1.807) is 13.2 Å². The molecular weight excluding hydrogens is 188 g/mol. The van der Waals surface area contributed by atoms with Crippen LogP contribution >= 0.6 is 0 Å². The summed E-state index contributed by atoms with van der Waals surface area (Å²) in [7, 11) is 1.63. The van der Waals surface area contributed by atoms with Crippen molar-refractivity contribution in [2.75, 3.05) is 7.11 Å². The van der Waals surface area contributed by atoms with Crippen LogP contribution in [0.1, 0.15) is 19.4 Å². The van der Waals surface area contributed by atoms with Gasteiger partial charge in [0.15, 0.2) is 5.78 Å². The molecule has 0 bridgehead atoms. The van der Waals surface area contributed by atoms with Crippen molar-refractivity contribution in [2.45, 2.75) is 13.8 Å². The summed E-state index contributed by atoms with van der Waals surface area (Å²) in [4.78, 5) is 11.3. The van der Waals surface area contributed by atoms with E-state index in [1.165, 1.54) is 0 Å². The van der Waals surface area contributed by atoms with E-state index in [4.69, 9.17) is 4.74 Å². The Labute approximate surface area is 90.6 Å². The minimum atomic E-state index is 0.0551. The van der Waals surface area contributed by atoms with Crippen LogP contribution < -0.4 is 4.74 Å². The molecule has 0 aliphatic heterocycles. The maximum atomic E-state index is 11.3. The minimum absolute atomic E-state index is 0.0551. The summed E-state index contributed by atoms with van der Waals surface area (Å²) in [6.07, 6.45) is 3.44. The Morgan fingerprint density at radius 3 is 2.33 bits per heavy atom. The van der Waals surface area contributed by atoms with Crippen molar-refractivity contribution in [3.05, 3.63) is 35.9 Å². The summed E-state index contributed by atoms with van der Waals surface area (Å²) in [5.74, 6) is 1.02. The lowest BCUT2D eigenvalue weighted by Gasteiger charge is -1.99. The number of carbonyl (C=O) groups is 1. The summed E-state index contributed by atoms with van der Waals surface area (Å²) in [6.45, 7) is 3.78. The van der Waals surface area contributed by atoms with Gasteiger partial charge in [0.1, 0.15) is 5.75 Å². The highest BCUT2D eigenvalue weighted by Gasteiger charge is 2.01. The molecule has 1 aromatic carbocycles. The lowest BCUT2D eigenvalue weighted by Crippen LogP contribution is -2.01. The first-order valence-electron chi connectivity index (χ1n) is 4.99.